The molecule has 4 heteroatoms. The van der Waals surface area contributed by atoms with Crippen molar-refractivity contribution < 1.29 is 17.9 Å². The zero-order valence-corrected chi connectivity index (χ0v) is 14.2. The van der Waals surface area contributed by atoms with Crippen LogP contribution in [0.2, 0.25) is 0 Å². The van der Waals surface area contributed by atoms with Crippen molar-refractivity contribution in [3.8, 4) is 17.6 Å². The zero-order valence-electron chi connectivity index (χ0n) is 14.2. The van der Waals surface area contributed by atoms with Crippen LogP contribution in [0.25, 0.3) is 0 Å². The van der Waals surface area contributed by atoms with Gasteiger partial charge in [0.1, 0.15) is 5.75 Å². The van der Waals surface area contributed by atoms with Crippen LogP contribution in [0.15, 0.2) is 48.5 Å². The molecule has 0 fully saturated rings. The van der Waals surface area contributed by atoms with Gasteiger partial charge in [-0.25, -0.2) is 0 Å². The van der Waals surface area contributed by atoms with E-state index in [1.165, 1.54) is 5.56 Å². The number of ether oxygens (including phenoxy) is 1. The molecule has 0 atom stereocenters. The van der Waals surface area contributed by atoms with Gasteiger partial charge in [0, 0.05) is 17.5 Å². The van der Waals surface area contributed by atoms with E-state index >= 15 is 0 Å². The molecule has 0 aliphatic rings. The highest BCUT2D eigenvalue weighted by Gasteiger charge is 2.26. The van der Waals surface area contributed by atoms with Gasteiger partial charge < -0.3 is 4.74 Å². The van der Waals surface area contributed by atoms with Gasteiger partial charge in [0.2, 0.25) is 0 Å². The van der Waals surface area contributed by atoms with Gasteiger partial charge in [-0.15, -0.1) is 0 Å². The quantitative estimate of drug-likeness (QED) is 0.477. The lowest BCUT2D eigenvalue weighted by Gasteiger charge is -2.08. The zero-order chi connectivity index (χ0) is 18.1. The first-order valence-electron chi connectivity index (χ1n) is 8.37. The van der Waals surface area contributed by atoms with Crippen molar-refractivity contribution in [2.75, 3.05) is 6.61 Å². The van der Waals surface area contributed by atoms with Gasteiger partial charge >= 0.3 is 6.18 Å². The molecule has 132 valence electrons. The highest BCUT2D eigenvalue weighted by Crippen LogP contribution is 2.21. The Hall–Kier alpha value is -2.41. The molecule has 0 unspecified atom stereocenters. The summed E-state index contributed by atoms with van der Waals surface area (Å²) in [6, 6.07) is 15.3. The predicted molar refractivity (Wildman–Crippen MR) is 93.6 cm³/mol. The summed E-state index contributed by atoms with van der Waals surface area (Å²) in [7, 11) is 0. The monoisotopic (exact) mass is 346 g/mol. The molecule has 0 aromatic heterocycles. The van der Waals surface area contributed by atoms with Crippen molar-refractivity contribution >= 4 is 0 Å². The van der Waals surface area contributed by atoms with Crippen LogP contribution in [0.4, 0.5) is 13.2 Å². The van der Waals surface area contributed by atoms with Gasteiger partial charge in [-0.3, -0.25) is 0 Å². The van der Waals surface area contributed by atoms with E-state index in [0.29, 0.717) is 5.75 Å². The van der Waals surface area contributed by atoms with Crippen LogP contribution in [-0.2, 0) is 6.42 Å². The Bertz CT molecular complexity index is 704. The third kappa shape index (κ3) is 7.34. The largest absolute Gasteiger partial charge is 0.494 e. The normalized spacial score (nSPS) is 10.9. The van der Waals surface area contributed by atoms with Crippen LogP contribution < -0.4 is 4.74 Å². The summed E-state index contributed by atoms with van der Waals surface area (Å²) in [5, 5.41) is 0. The van der Waals surface area contributed by atoms with Crippen molar-refractivity contribution in [3.63, 3.8) is 0 Å². The molecule has 0 aliphatic carbocycles. The predicted octanol–water partition coefficient (Wildman–Crippen LogP) is 5.76. The first-order valence-corrected chi connectivity index (χ1v) is 8.37. The minimum Gasteiger partial charge on any atom is -0.494 e. The van der Waals surface area contributed by atoms with Crippen molar-refractivity contribution in [2.45, 2.75) is 38.8 Å². The summed E-state index contributed by atoms with van der Waals surface area (Å²) in [6.45, 7) is 2.20. The summed E-state index contributed by atoms with van der Waals surface area (Å²) >= 11 is 0. The fourth-order valence-corrected chi connectivity index (χ4v) is 2.28. The first-order chi connectivity index (χ1) is 12.0. The van der Waals surface area contributed by atoms with E-state index in [-0.39, 0.29) is 13.0 Å². The summed E-state index contributed by atoms with van der Waals surface area (Å²) < 4.78 is 41.5. The second-order valence-electron chi connectivity index (χ2n) is 5.79. The van der Waals surface area contributed by atoms with Crippen molar-refractivity contribution in [1.82, 2.24) is 0 Å². The van der Waals surface area contributed by atoms with Crippen LogP contribution in [-0.4, -0.2) is 12.8 Å². The number of hydrogen-bond donors (Lipinski definition) is 0. The molecular weight excluding hydrogens is 325 g/mol. The Morgan fingerprint density at radius 2 is 1.44 bits per heavy atom. The van der Waals surface area contributed by atoms with Crippen LogP contribution in [0.5, 0.6) is 5.75 Å². The van der Waals surface area contributed by atoms with Gasteiger partial charge in [-0.1, -0.05) is 37.3 Å². The molecule has 0 saturated carbocycles. The number of alkyl halides is 3. The van der Waals surface area contributed by atoms with E-state index in [1.54, 1.807) is 24.3 Å². The number of aryl methyl sites for hydroxylation is 1. The van der Waals surface area contributed by atoms with Gasteiger partial charge in [0.05, 0.1) is 6.61 Å². The highest BCUT2D eigenvalue weighted by atomic mass is 19.4. The first kappa shape index (κ1) is 18.9. The lowest BCUT2D eigenvalue weighted by Crippen LogP contribution is -2.09. The third-order valence-corrected chi connectivity index (χ3v) is 3.57. The Labute approximate surface area is 146 Å². The van der Waals surface area contributed by atoms with Crippen molar-refractivity contribution in [3.05, 3.63) is 65.2 Å². The lowest BCUT2D eigenvalue weighted by atomic mass is 10.1. The standard InChI is InChI=1S/C21H21F3O/c1-2-4-17-5-7-18(8-6-17)9-10-19-11-13-20(14-12-19)25-16-3-15-21(22,23)24/h5-8,11-14H,2-4,15-16H2,1H3. The van der Waals surface area contributed by atoms with Crippen molar-refractivity contribution in [2.24, 2.45) is 0 Å². The second-order valence-corrected chi connectivity index (χ2v) is 5.79. The molecular formula is C21H21F3O. The Kier molecular flexibility index (Phi) is 6.94. The molecule has 0 radical (unpaired) electrons. The molecule has 0 spiro atoms. The van der Waals surface area contributed by atoms with E-state index in [0.717, 1.165) is 24.0 Å². The van der Waals surface area contributed by atoms with E-state index in [2.05, 4.69) is 30.9 Å². The number of halogens is 3. The number of benzene rings is 2. The van der Waals surface area contributed by atoms with Gasteiger partial charge in [-0.2, -0.15) is 13.2 Å². The highest BCUT2D eigenvalue weighted by molar-refractivity contribution is 5.44. The van der Waals surface area contributed by atoms with Gasteiger partial charge in [0.25, 0.3) is 0 Å². The smallest absolute Gasteiger partial charge is 0.389 e. The van der Waals surface area contributed by atoms with Crippen LogP contribution in [0.1, 0.15) is 42.9 Å². The Morgan fingerprint density at radius 3 is 1.96 bits per heavy atom. The summed E-state index contributed by atoms with van der Waals surface area (Å²) in [5.74, 6) is 6.73. The molecule has 1 nitrogen and oxygen atoms in total. The van der Waals surface area contributed by atoms with Crippen molar-refractivity contribution in [1.29, 1.82) is 0 Å². The molecule has 2 aromatic carbocycles. The molecule has 0 bridgehead atoms. The van der Waals surface area contributed by atoms with Crippen LogP contribution in [0.3, 0.4) is 0 Å². The van der Waals surface area contributed by atoms with Gasteiger partial charge in [-0.05, 0) is 54.8 Å². The third-order valence-electron chi connectivity index (χ3n) is 3.57. The summed E-state index contributed by atoms with van der Waals surface area (Å²) in [6.07, 6.45) is -2.81. The molecule has 2 rings (SSSR count). The minimum absolute atomic E-state index is 0.0426. The molecule has 2 aromatic rings. The maximum absolute atomic E-state index is 12.0. The average Bonchev–Trinajstić information content (AvgIpc) is 2.59. The maximum Gasteiger partial charge on any atom is 0.389 e. The Balaban J connectivity index is 1.86. The number of hydrogen-bond acceptors (Lipinski definition) is 1. The number of rotatable bonds is 6. The van der Waals surface area contributed by atoms with E-state index < -0.39 is 12.6 Å². The topological polar surface area (TPSA) is 9.23 Å². The maximum atomic E-state index is 12.0. The fourth-order valence-electron chi connectivity index (χ4n) is 2.28. The molecule has 0 saturated heterocycles. The van der Waals surface area contributed by atoms with Gasteiger partial charge in [0.15, 0.2) is 0 Å². The summed E-state index contributed by atoms with van der Waals surface area (Å²) in [4.78, 5) is 0. The average molecular weight is 346 g/mol. The molecule has 0 heterocycles. The second kappa shape index (κ2) is 9.17. The van der Waals surface area contributed by atoms with Crippen LogP contribution >= 0.6 is 0 Å². The summed E-state index contributed by atoms with van der Waals surface area (Å²) in [5.41, 5.74) is 3.09. The minimum atomic E-state index is -4.13. The molecule has 0 N–H and O–H groups in total. The SMILES string of the molecule is CCCc1ccc(C#Cc2ccc(OCCCC(F)(F)F)cc2)cc1. The lowest BCUT2D eigenvalue weighted by molar-refractivity contribution is -0.136. The molecule has 0 aliphatic heterocycles. The fraction of sp³-hybridized carbons (Fsp3) is 0.333. The van der Waals surface area contributed by atoms with E-state index in [1.807, 2.05) is 12.1 Å². The Morgan fingerprint density at radius 1 is 0.880 bits per heavy atom. The van der Waals surface area contributed by atoms with E-state index in [4.69, 9.17) is 4.74 Å². The van der Waals surface area contributed by atoms with E-state index in [9.17, 15) is 13.2 Å². The molecule has 0 amide bonds. The molecule has 25 heavy (non-hydrogen) atoms. The van der Waals surface area contributed by atoms with Crippen LogP contribution in [0, 0.1) is 11.8 Å².